The highest BCUT2D eigenvalue weighted by Crippen LogP contribution is 2.45. The van der Waals surface area contributed by atoms with Gasteiger partial charge in [-0.3, -0.25) is 4.79 Å². The summed E-state index contributed by atoms with van der Waals surface area (Å²) in [6.45, 7) is 1.99. The van der Waals surface area contributed by atoms with Gasteiger partial charge in [0.05, 0.1) is 11.8 Å². The van der Waals surface area contributed by atoms with Crippen LogP contribution in [0.15, 0.2) is 24.3 Å². The molecule has 3 nitrogen and oxygen atoms in total. The number of nitriles is 1. The van der Waals surface area contributed by atoms with Gasteiger partial charge in [-0.1, -0.05) is 19.1 Å². The van der Waals surface area contributed by atoms with E-state index in [1.807, 2.05) is 6.92 Å². The second-order valence-electron chi connectivity index (χ2n) is 4.64. The smallest absolute Gasteiger partial charge is 0.244 e. The van der Waals surface area contributed by atoms with Crippen molar-refractivity contribution in [2.45, 2.75) is 19.8 Å². The Balaban J connectivity index is 2.13. The molecular weight excluding hydrogens is 219 g/mol. The van der Waals surface area contributed by atoms with Crippen LogP contribution in [-0.2, 0) is 4.79 Å². The van der Waals surface area contributed by atoms with Crippen molar-refractivity contribution in [3.8, 4) is 6.07 Å². The van der Waals surface area contributed by atoms with Crippen molar-refractivity contribution in [3.05, 3.63) is 30.1 Å². The first-order valence-corrected chi connectivity index (χ1v) is 5.55. The Kier molecular flexibility index (Phi) is 2.84. The number of carbonyl (C=O) groups is 1. The minimum atomic E-state index is -0.971. The molecule has 2 rings (SSSR count). The maximum absolute atomic E-state index is 13.3. The summed E-state index contributed by atoms with van der Waals surface area (Å²) in [6.07, 6.45) is 1.09. The average Bonchev–Trinajstić information content (AvgIpc) is 2.27. The minimum absolute atomic E-state index is 0.131. The van der Waals surface area contributed by atoms with E-state index >= 15 is 0 Å². The van der Waals surface area contributed by atoms with E-state index in [0.29, 0.717) is 18.8 Å². The summed E-state index contributed by atoms with van der Waals surface area (Å²) in [5, 5.41) is 11.6. The molecule has 0 bridgehead atoms. The SMILES string of the molecule is CC1CC(C#N)(C(=O)Nc2ccccc2F)C1. The van der Waals surface area contributed by atoms with Gasteiger partial charge in [0.25, 0.3) is 0 Å². The van der Waals surface area contributed by atoms with E-state index in [-0.39, 0.29) is 5.69 Å². The fourth-order valence-corrected chi connectivity index (χ4v) is 2.26. The third-order valence-electron chi connectivity index (χ3n) is 3.16. The van der Waals surface area contributed by atoms with Crippen LogP contribution in [0.3, 0.4) is 0 Å². The van der Waals surface area contributed by atoms with Gasteiger partial charge in [-0.05, 0) is 30.9 Å². The maximum atomic E-state index is 13.3. The summed E-state index contributed by atoms with van der Waals surface area (Å²) < 4.78 is 13.3. The van der Waals surface area contributed by atoms with Crippen LogP contribution in [0.2, 0.25) is 0 Å². The number of nitrogens with zero attached hydrogens (tertiary/aromatic N) is 1. The Hall–Kier alpha value is -1.89. The third-order valence-corrected chi connectivity index (χ3v) is 3.16. The summed E-state index contributed by atoms with van der Waals surface area (Å²) in [6, 6.07) is 8.00. The highest BCUT2D eigenvalue weighted by molar-refractivity contribution is 5.98. The number of amides is 1. The van der Waals surface area contributed by atoms with Gasteiger partial charge < -0.3 is 5.32 Å². The molecule has 1 N–H and O–H groups in total. The number of benzene rings is 1. The van der Waals surface area contributed by atoms with E-state index in [9.17, 15) is 9.18 Å². The lowest BCUT2D eigenvalue weighted by Crippen LogP contribution is -2.45. The first kappa shape index (κ1) is 11.6. The Labute approximate surface area is 99.2 Å². The number of nitrogens with one attached hydrogen (secondary N) is 1. The molecular formula is C13H13FN2O. The third kappa shape index (κ3) is 2.01. The molecule has 0 unspecified atom stereocenters. The van der Waals surface area contributed by atoms with Gasteiger partial charge >= 0.3 is 0 Å². The second-order valence-corrected chi connectivity index (χ2v) is 4.64. The van der Waals surface area contributed by atoms with Gasteiger partial charge in [-0.2, -0.15) is 5.26 Å². The van der Waals surface area contributed by atoms with Crippen LogP contribution in [0.1, 0.15) is 19.8 Å². The fourth-order valence-electron chi connectivity index (χ4n) is 2.26. The number of hydrogen-bond acceptors (Lipinski definition) is 2. The topological polar surface area (TPSA) is 52.9 Å². The monoisotopic (exact) mass is 232 g/mol. The van der Waals surface area contributed by atoms with Gasteiger partial charge in [0.2, 0.25) is 5.91 Å². The van der Waals surface area contributed by atoms with Gasteiger partial charge in [0.1, 0.15) is 11.2 Å². The van der Waals surface area contributed by atoms with E-state index in [1.54, 1.807) is 12.1 Å². The van der Waals surface area contributed by atoms with Crippen molar-refractivity contribution >= 4 is 11.6 Å². The lowest BCUT2D eigenvalue weighted by Gasteiger charge is -2.39. The molecule has 1 amide bonds. The molecule has 0 saturated heterocycles. The zero-order valence-corrected chi connectivity index (χ0v) is 9.53. The van der Waals surface area contributed by atoms with Crippen LogP contribution < -0.4 is 5.32 Å². The fraction of sp³-hybridized carbons (Fsp3) is 0.385. The predicted molar refractivity (Wildman–Crippen MR) is 61.5 cm³/mol. The number of halogens is 1. The number of hydrogen-bond donors (Lipinski definition) is 1. The summed E-state index contributed by atoms with van der Waals surface area (Å²) >= 11 is 0. The number of anilines is 1. The summed E-state index contributed by atoms with van der Waals surface area (Å²) in [5.41, 5.74) is -0.839. The van der Waals surface area contributed by atoms with E-state index in [2.05, 4.69) is 11.4 Å². The molecule has 1 saturated carbocycles. The Morgan fingerprint density at radius 1 is 1.53 bits per heavy atom. The molecule has 0 heterocycles. The zero-order valence-electron chi connectivity index (χ0n) is 9.53. The lowest BCUT2D eigenvalue weighted by molar-refractivity contribution is -0.128. The summed E-state index contributed by atoms with van der Waals surface area (Å²) in [7, 11) is 0. The molecule has 0 atom stereocenters. The van der Waals surface area contributed by atoms with Gasteiger partial charge in [0.15, 0.2) is 0 Å². The molecule has 88 valence electrons. The van der Waals surface area contributed by atoms with E-state index in [0.717, 1.165) is 0 Å². The lowest BCUT2D eigenvalue weighted by atomic mass is 9.63. The number of carbonyl (C=O) groups excluding carboxylic acids is 1. The van der Waals surface area contributed by atoms with E-state index < -0.39 is 17.1 Å². The zero-order chi connectivity index (χ0) is 12.5. The predicted octanol–water partition coefficient (Wildman–Crippen LogP) is 2.70. The highest BCUT2D eigenvalue weighted by Gasteiger charge is 2.49. The van der Waals surface area contributed by atoms with Crippen molar-refractivity contribution in [1.29, 1.82) is 5.26 Å². The second kappa shape index (κ2) is 4.17. The molecule has 0 aliphatic heterocycles. The molecule has 0 aromatic heterocycles. The molecule has 1 aliphatic rings. The average molecular weight is 232 g/mol. The molecule has 1 aliphatic carbocycles. The van der Waals surface area contributed by atoms with E-state index in [1.165, 1.54) is 12.1 Å². The molecule has 1 aromatic carbocycles. The Bertz CT molecular complexity index is 486. The van der Waals surface area contributed by atoms with Crippen molar-refractivity contribution in [1.82, 2.24) is 0 Å². The molecule has 0 spiro atoms. The standard InChI is InChI=1S/C13H13FN2O/c1-9-6-13(7-9,8-15)12(17)16-11-5-3-2-4-10(11)14/h2-5,9H,6-7H2,1H3,(H,16,17). The Morgan fingerprint density at radius 3 is 2.71 bits per heavy atom. The van der Waals surface area contributed by atoms with E-state index in [4.69, 9.17) is 5.26 Å². The van der Waals surface area contributed by atoms with Crippen LogP contribution in [-0.4, -0.2) is 5.91 Å². The van der Waals surface area contributed by atoms with Crippen LogP contribution >= 0.6 is 0 Å². The largest absolute Gasteiger partial charge is 0.322 e. The normalized spacial score (nSPS) is 26.8. The summed E-state index contributed by atoms with van der Waals surface area (Å²) in [4.78, 5) is 11.9. The van der Waals surface area contributed by atoms with Gasteiger partial charge in [-0.15, -0.1) is 0 Å². The van der Waals surface area contributed by atoms with Crippen LogP contribution in [0.25, 0.3) is 0 Å². The van der Waals surface area contributed by atoms with Crippen molar-refractivity contribution in [2.75, 3.05) is 5.32 Å². The van der Waals surface area contributed by atoms with Gasteiger partial charge in [0, 0.05) is 0 Å². The van der Waals surface area contributed by atoms with Crippen LogP contribution in [0, 0.1) is 28.5 Å². The highest BCUT2D eigenvalue weighted by atomic mass is 19.1. The number of rotatable bonds is 2. The first-order valence-electron chi connectivity index (χ1n) is 5.55. The first-order chi connectivity index (χ1) is 8.07. The Morgan fingerprint density at radius 2 is 2.18 bits per heavy atom. The molecule has 1 aromatic rings. The molecule has 17 heavy (non-hydrogen) atoms. The van der Waals surface area contributed by atoms with Crippen molar-refractivity contribution in [2.24, 2.45) is 11.3 Å². The maximum Gasteiger partial charge on any atom is 0.244 e. The number of para-hydroxylation sites is 1. The van der Waals surface area contributed by atoms with Crippen molar-refractivity contribution < 1.29 is 9.18 Å². The molecule has 4 heteroatoms. The minimum Gasteiger partial charge on any atom is -0.322 e. The molecule has 0 radical (unpaired) electrons. The summed E-state index contributed by atoms with van der Waals surface area (Å²) in [5.74, 6) is -0.509. The van der Waals surface area contributed by atoms with Crippen LogP contribution in [0.5, 0.6) is 0 Å². The molecule has 1 fully saturated rings. The quantitative estimate of drug-likeness (QED) is 0.852. The van der Waals surface area contributed by atoms with Crippen molar-refractivity contribution in [3.63, 3.8) is 0 Å². The van der Waals surface area contributed by atoms with Crippen LogP contribution in [0.4, 0.5) is 10.1 Å². The van der Waals surface area contributed by atoms with Gasteiger partial charge in [-0.25, -0.2) is 4.39 Å².